The van der Waals surface area contributed by atoms with Crippen LogP contribution in [-0.4, -0.2) is 17.7 Å². The molecule has 0 bridgehead atoms. The number of aryl methyl sites for hydroxylation is 2. The monoisotopic (exact) mass is 330 g/mol. The molecule has 4 nitrogen and oxygen atoms in total. The molecule has 0 aliphatic carbocycles. The third-order valence-electron chi connectivity index (χ3n) is 3.38. The second-order valence-corrected chi connectivity index (χ2v) is 7.49. The van der Waals surface area contributed by atoms with E-state index in [1.807, 2.05) is 26.0 Å². The van der Waals surface area contributed by atoms with Gasteiger partial charge in [-0.05, 0) is 32.9 Å². The van der Waals surface area contributed by atoms with Crippen LogP contribution in [0, 0.1) is 13.8 Å². The fourth-order valence-electron chi connectivity index (χ4n) is 2.29. The highest BCUT2D eigenvalue weighted by atomic mass is 31.2. The minimum Gasteiger partial charge on any atom is -0.318 e. The highest BCUT2D eigenvalue weighted by Gasteiger charge is 2.42. The molecule has 0 radical (unpaired) electrons. The van der Waals surface area contributed by atoms with Gasteiger partial charge in [0.2, 0.25) is 0 Å². The molecule has 0 N–H and O–H groups in total. The molecule has 0 atom stereocenters. The number of hydrogen-bond donors (Lipinski definition) is 0. The van der Waals surface area contributed by atoms with E-state index < -0.39 is 18.4 Å². The average molecular weight is 330 g/mol. The standard InChI is InChI=1S/C18H19O4P/c1-4-22-23(21,17(19)15-9-5-7-13(2)11-15)18(20)16-10-6-8-14(3)12-16/h5-12H,4H2,1-3H3. The van der Waals surface area contributed by atoms with E-state index in [4.69, 9.17) is 4.52 Å². The van der Waals surface area contributed by atoms with Crippen LogP contribution in [0.1, 0.15) is 38.8 Å². The summed E-state index contributed by atoms with van der Waals surface area (Å²) in [4.78, 5) is 25.4. The van der Waals surface area contributed by atoms with Gasteiger partial charge in [0.25, 0.3) is 11.0 Å². The maximum Gasteiger partial charge on any atom is 0.340 e. The van der Waals surface area contributed by atoms with Gasteiger partial charge in [0.1, 0.15) is 0 Å². The highest BCUT2D eigenvalue weighted by molar-refractivity contribution is 7.91. The summed E-state index contributed by atoms with van der Waals surface area (Å²) in [6, 6.07) is 13.3. The van der Waals surface area contributed by atoms with Gasteiger partial charge in [-0.1, -0.05) is 47.5 Å². The van der Waals surface area contributed by atoms with E-state index in [1.54, 1.807) is 43.3 Å². The van der Waals surface area contributed by atoms with Crippen molar-refractivity contribution in [2.45, 2.75) is 20.8 Å². The topological polar surface area (TPSA) is 60.4 Å². The number of hydrogen-bond acceptors (Lipinski definition) is 4. The van der Waals surface area contributed by atoms with E-state index in [-0.39, 0.29) is 17.7 Å². The first kappa shape index (κ1) is 17.3. The fraction of sp³-hybridized carbons (Fsp3) is 0.222. The van der Waals surface area contributed by atoms with Gasteiger partial charge in [-0.3, -0.25) is 14.2 Å². The summed E-state index contributed by atoms with van der Waals surface area (Å²) in [5.41, 5.74) is 0.637. The van der Waals surface area contributed by atoms with E-state index in [2.05, 4.69) is 0 Å². The number of carbonyl (C=O) groups excluding carboxylic acids is 2. The van der Waals surface area contributed by atoms with E-state index in [9.17, 15) is 14.2 Å². The molecule has 0 amide bonds. The lowest BCUT2D eigenvalue weighted by atomic mass is 10.1. The Balaban J connectivity index is 2.48. The number of benzene rings is 2. The summed E-state index contributed by atoms with van der Waals surface area (Å²) < 4.78 is 18.3. The van der Waals surface area contributed by atoms with Gasteiger partial charge in [-0.25, -0.2) is 0 Å². The van der Waals surface area contributed by atoms with Crippen molar-refractivity contribution < 1.29 is 18.7 Å². The zero-order valence-electron chi connectivity index (χ0n) is 13.4. The van der Waals surface area contributed by atoms with Gasteiger partial charge in [0.05, 0.1) is 6.61 Å². The second-order valence-electron chi connectivity index (χ2n) is 5.32. The molecule has 0 aliphatic heterocycles. The van der Waals surface area contributed by atoms with Crippen molar-refractivity contribution in [1.29, 1.82) is 0 Å². The first-order chi connectivity index (χ1) is 10.9. The van der Waals surface area contributed by atoms with Crippen LogP contribution in [0.25, 0.3) is 0 Å². The third-order valence-corrected chi connectivity index (χ3v) is 5.58. The first-order valence-electron chi connectivity index (χ1n) is 7.36. The molecule has 0 aromatic heterocycles. The quantitative estimate of drug-likeness (QED) is 0.726. The summed E-state index contributed by atoms with van der Waals surface area (Å²) in [7, 11) is -4.16. The molecule has 2 aromatic carbocycles. The Kier molecular flexibility index (Phi) is 5.30. The Labute approximate surface area is 135 Å². The summed E-state index contributed by atoms with van der Waals surface area (Å²) in [5, 5.41) is 0. The van der Waals surface area contributed by atoms with E-state index >= 15 is 0 Å². The predicted octanol–water partition coefficient (Wildman–Crippen LogP) is 4.60. The van der Waals surface area contributed by atoms with Crippen LogP contribution < -0.4 is 0 Å². The Morgan fingerprint density at radius 2 is 1.35 bits per heavy atom. The molecule has 0 saturated heterocycles. The van der Waals surface area contributed by atoms with Crippen LogP contribution in [-0.2, 0) is 9.09 Å². The minimum absolute atomic E-state index is 0.0202. The molecule has 0 heterocycles. The van der Waals surface area contributed by atoms with E-state index in [1.165, 1.54) is 0 Å². The summed E-state index contributed by atoms with van der Waals surface area (Å²) >= 11 is 0. The Morgan fingerprint density at radius 1 is 0.913 bits per heavy atom. The first-order valence-corrected chi connectivity index (χ1v) is 8.98. The largest absolute Gasteiger partial charge is 0.340 e. The van der Waals surface area contributed by atoms with Crippen LogP contribution in [0.15, 0.2) is 48.5 Å². The molecule has 120 valence electrons. The van der Waals surface area contributed by atoms with Crippen molar-refractivity contribution in [2.75, 3.05) is 6.61 Å². The van der Waals surface area contributed by atoms with Crippen molar-refractivity contribution in [1.82, 2.24) is 0 Å². The van der Waals surface area contributed by atoms with Crippen LogP contribution in [0.2, 0.25) is 0 Å². The molecular weight excluding hydrogens is 311 g/mol. The zero-order chi connectivity index (χ0) is 17.0. The van der Waals surface area contributed by atoms with Crippen LogP contribution in [0.5, 0.6) is 0 Å². The van der Waals surface area contributed by atoms with E-state index in [0.717, 1.165) is 11.1 Å². The number of carbonyl (C=O) groups is 2. The van der Waals surface area contributed by atoms with Gasteiger partial charge in [-0.2, -0.15) is 0 Å². The van der Waals surface area contributed by atoms with Gasteiger partial charge < -0.3 is 4.52 Å². The van der Waals surface area contributed by atoms with E-state index in [0.29, 0.717) is 0 Å². The molecule has 2 rings (SSSR count). The Morgan fingerprint density at radius 3 is 1.70 bits per heavy atom. The predicted molar refractivity (Wildman–Crippen MR) is 90.3 cm³/mol. The average Bonchev–Trinajstić information content (AvgIpc) is 2.53. The van der Waals surface area contributed by atoms with Gasteiger partial charge in [0.15, 0.2) is 0 Å². The van der Waals surface area contributed by atoms with Gasteiger partial charge in [-0.15, -0.1) is 0 Å². The minimum atomic E-state index is -4.16. The third kappa shape index (κ3) is 3.66. The second kappa shape index (κ2) is 7.03. The summed E-state index contributed by atoms with van der Waals surface area (Å²) in [6.45, 7) is 5.28. The highest BCUT2D eigenvalue weighted by Crippen LogP contribution is 2.52. The number of rotatable bonds is 6. The van der Waals surface area contributed by atoms with Crippen molar-refractivity contribution in [3.63, 3.8) is 0 Å². The van der Waals surface area contributed by atoms with Crippen molar-refractivity contribution in [2.24, 2.45) is 0 Å². The van der Waals surface area contributed by atoms with Crippen molar-refractivity contribution in [3.05, 3.63) is 70.8 Å². The summed E-state index contributed by atoms with van der Waals surface area (Å²) in [6.07, 6.45) is 0. The molecular formula is C18H19O4P. The SMILES string of the molecule is CCOP(=O)(C(=O)c1cccc(C)c1)C(=O)c1cccc(C)c1. The van der Waals surface area contributed by atoms with Gasteiger partial charge >= 0.3 is 7.37 Å². The maximum atomic E-state index is 13.1. The van der Waals surface area contributed by atoms with Crippen LogP contribution >= 0.6 is 7.37 Å². The van der Waals surface area contributed by atoms with Gasteiger partial charge in [0, 0.05) is 11.1 Å². The molecule has 0 spiro atoms. The summed E-state index contributed by atoms with van der Waals surface area (Å²) in [5.74, 6) is 0. The lowest BCUT2D eigenvalue weighted by molar-refractivity contribution is 0.0997. The molecule has 0 unspecified atom stereocenters. The maximum absolute atomic E-state index is 13.1. The van der Waals surface area contributed by atoms with Crippen LogP contribution in [0.4, 0.5) is 0 Å². The fourth-order valence-corrected chi connectivity index (χ4v) is 4.03. The normalized spacial score (nSPS) is 11.3. The molecule has 23 heavy (non-hydrogen) atoms. The lowest BCUT2D eigenvalue weighted by Crippen LogP contribution is -2.13. The lowest BCUT2D eigenvalue weighted by Gasteiger charge is -2.16. The zero-order valence-corrected chi connectivity index (χ0v) is 14.3. The smallest absolute Gasteiger partial charge is 0.318 e. The molecule has 5 heteroatoms. The molecule has 0 aliphatic rings. The van der Waals surface area contributed by atoms with Crippen molar-refractivity contribution in [3.8, 4) is 0 Å². The van der Waals surface area contributed by atoms with Crippen molar-refractivity contribution >= 4 is 18.4 Å². The Hall–Kier alpha value is -2.03. The molecule has 2 aromatic rings. The molecule has 0 fully saturated rings. The Bertz CT molecular complexity index is 734. The molecule has 0 saturated carbocycles. The van der Waals surface area contributed by atoms with Crippen LogP contribution in [0.3, 0.4) is 0 Å².